The Hall–Kier alpha value is -0.940. The second kappa shape index (κ2) is 4.97. The SMILES string of the molecule is NC(=NCC1(C(F)(F)F)CCC1)NCC1CCC1. The molecule has 0 amide bonds. The number of nitrogens with zero attached hydrogens (tertiary/aromatic N) is 1. The molecular weight excluding hydrogens is 243 g/mol. The maximum atomic E-state index is 12.9. The Morgan fingerprint density at radius 1 is 1.28 bits per heavy atom. The number of hydrogen-bond acceptors (Lipinski definition) is 1. The summed E-state index contributed by atoms with van der Waals surface area (Å²) in [6.07, 6.45) is 0.402. The van der Waals surface area contributed by atoms with Crippen LogP contribution in [0.5, 0.6) is 0 Å². The maximum Gasteiger partial charge on any atom is 0.396 e. The van der Waals surface area contributed by atoms with Crippen molar-refractivity contribution in [1.82, 2.24) is 5.32 Å². The number of halogens is 3. The van der Waals surface area contributed by atoms with E-state index < -0.39 is 11.6 Å². The summed E-state index contributed by atoms with van der Waals surface area (Å²) in [4.78, 5) is 3.88. The topological polar surface area (TPSA) is 50.4 Å². The summed E-state index contributed by atoms with van der Waals surface area (Å²) >= 11 is 0. The smallest absolute Gasteiger partial charge is 0.370 e. The molecule has 6 heteroatoms. The first-order valence-electron chi connectivity index (χ1n) is 6.53. The predicted octanol–water partition coefficient (Wildman–Crippen LogP) is 2.42. The molecule has 0 aromatic rings. The van der Waals surface area contributed by atoms with Crippen molar-refractivity contribution in [2.24, 2.45) is 22.1 Å². The van der Waals surface area contributed by atoms with Crippen LogP contribution in [0.3, 0.4) is 0 Å². The van der Waals surface area contributed by atoms with Crippen molar-refractivity contribution in [2.45, 2.75) is 44.7 Å². The van der Waals surface area contributed by atoms with Crippen molar-refractivity contribution in [2.75, 3.05) is 13.1 Å². The molecule has 104 valence electrons. The van der Waals surface area contributed by atoms with Crippen molar-refractivity contribution in [1.29, 1.82) is 0 Å². The van der Waals surface area contributed by atoms with Gasteiger partial charge in [-0.15, -0.1) is 0 Å². The van der Waals surface area contributed by atoms with Crippen molar-refractivity contribution in [3.63, 3.8) is 0 Å². The van der Waals surface area contributed by atoms with Gasteiger partial charge in [-0.2, -0.15) is 13.2 Å². The molecule has 2 rings (SSSR count). The fourth-order valence-electron chi connectivity index (χ4n) is 2.37. The average Bonchev–Trinajstić information content (AvgIpc) is 2.10. The van der Waals surface area contributed by atoms with E-state index in [0.717, 1.165) is 6.54 Å². The molecule has 0 heterocycles. The van der Waals surface area contributed by atoms with Gasteiger partial charge in [0.1, 0.15) is 0 Å². The van der Waals surface area contributed by atoms with Crippen LogP contribution in [-0.4, -0.2) is 25.2 Å². The molecule has 2 fully saturated rings. The number of nitrogens with two attached hydrogens (primary N) is 1. The zero-order valence-corrected chi connectivity index (χ0v) is 10.4. The van der Waals surface area contributed by atoms with Gasteiger partial charge in [-0.3, -0.25) is 4.99 Å². The fraction of sp³-hybridized carbons (Fsp3) is 0.917. The lowest BCUT2D eigenvalue weighted by atomic mass is 9.68. The van der Waals surface area contributed by atoms with Gasteiger partial charge in [-0.1, -0.05) is 12.8 Å². The van der Waals surface area contributed by atoms with E-state index in [9.17, 15) is 13.2 Å². The fourth-order valence-corrected chi connectivity index (χ4v) is 2.37. The van der Waals surface area contributed by atoms with Gasteiger partial charge in [0.05, 0.1) is 12.0 Å². The first-order valence-corrected chi connectivity index (χ1v) is 6.53. The van der Waals surface area contributed by atoms with Crippen molar-refractivity contribution in [3.8, 4) is 0 Å². The summed E-state index contributed by atoms with van der Waals surface area (Å²) in [6.45, 7) is 0.494. The lowest BCUT2D eigenvalue weighted by Gasteiger charge is -2.41. The van der Waals surface area contributed by atoms with Gasteiger partial charge in [0, 0.05) is 6.54 Å². The Morgan fingerprint density at radius 3 is 2.33 bits per heavy atom. The van der Waals surface area contributed by atoms with Gasteiger partial charge >= 0.3 is 6.18 Å². The van der Waals surface area contributed by atoms with E-state index in [0.29, 0.717) is 12.3 Å². The van der Waals surface area contributed by atoms with Gasteiger partial charge in [0.2, 0.25) is 0 Å². The third kappa shape index (κ3) is 2.72. The number of hydrogen-bond donors (Lipinski definition) is 2. The highest BCUT2D eigenvalue weighted by Gasteiger charge is 2.58. The van der Waals surface area contributed by atoms with E-state index in [4.69, 9.17) is 5.73 Å². The maximum absolute atomic E-state index is 12.9. The molecule has 0 spiro atoms. The van der Waals surface area contributed by atoms with Crippen LogP contribution in [0.4, 0.5) is 13.2 Å². The van der Waals surface area contributed by atoms with Gasteiger partial charge in [0.25, 0.3) is 0 Å². The largest absolute Gasteiger partial charge is 0.396 e. The molecule has 18 heavy (non-hydrogen) atoms. The second-order valence-electron chi connectivity index (χ2n) is 5.51. The minimum absolute atomic E-state index is 0.150. The van der Waals surface area contributed by atoms with Crippen molar-refractivity contribution >= 4 is 5.96 Å². The molecule has 0 aromatic carbocycles. The highest BCUT2D eigenvalue weighted by atomic mass is 19.4. The van der Waals surface area contributed by atoms with E-state index >= 15 is 0 Å². The van der Waals surface area contributed by atoms with Crippen LogP contribution in [0, 0.1) is 11.3 Å². The van der Waals surface area contributed by atoms with Gasteiger partial charge in [0.15, 0.2) is 5.96 Å². The minimum atomic E-state index is -4.16. The molecule has 0 aromatic heterocycles. The second-order valence-corrected chi connectivity index (χ2v) is 5.51. The molecule has 3 N–H and O–H groups in total. The predicted molar refractivity (Wildman–Crippen MR) is 64.2 cm³/mol. The zero-order valence-electron chi connectivity index (χ0n) is 10.4. The molecular formula is C12H20F3N3. The van der Waals surface area contributed by atoms with Crippen LogP contribution in [0.15, 0.2) is 4.99 Å². The minimum Gasteiger partial charge on any atom is -0.370 e. The highest BCUT2D eigenvalue weighted by Crippen LogP contribution is 2.53. The lowest BCUT2D eigenvalue weighted by molar-refractivity contribution is -0.245. The van der Waals surface area contributed by atoms with Crippen LogP contribution in [0.2, 0.25) is 0 Å². The van der Waals surface area contributed by atoms with Gasteiger partial charge in [-0.25, -0.2) is 0 Å². The molecule has 0 saturated heterocycles. The quantitative estimate of drug-likeness (QED) is 0.604. The first kappa shape index (κ1) is 13.5. The highest BCUT2D eigenvalue weighted by molar-refractivity contribution is 5.77. The van der Waals surface area contributed by atoms with Crippen LogP contribution in [0.25, 0.3) is 0 Å². The van der Waals surface area contributed by atoms with E-state index in [1.807, 2.05) is 0 Å². The van der Waals surface area contributed by atoms with Crippen LogP contribution >= 0.6 is 0 Å². The molecule has 0 radical (unpaired) electrons. The van der Waals surface area contributed by atoms with Crippen LogP contribution in [0.1, 0.15) is 38.5 Å². The third-order valence-corrected chi connectivity index (χ3v) is 4.26. The number of rotatable bonds is 4. The molecule has 0 unspecified atom stereocenters. The number of guanidine groups is 1. The summed E-state index contributed by atoms with van der Waals surface area (Å²) in [6, 6.07) is 0. The Morgan fingerprint density at radius 2 is 1.94 bits per heavy atom. The van der Waals surface area contributed by atoms with Gasteiger partial charge < -0.3 is 11.1 Å². The Labute approximate surface area is 105 Å². The summed E-state index contributed by atoms with van der Waals surface area (Å²) in [5.74, 6) is 0.761. The molecule has 2 aliphatic carbocycles. The summed E-state index contributed by atoms with van der Waals surface area (Å²) < 4.78 is 38.6. The van der Waals surface area contributed by atoms with Crippen molar-refractivity contribution < 1.29 is 13.2 Å². The van der Waals surface area contributed by atoms with E-state index in [2.05, 4.69) is 10.3 Å². The number of aliphatic imine (C=N–C) groups is 1. The van der Waals surface area contributed by atoms with Crippen molar-refractivity contribution in [3.05, 3.63) is 0 Å². The third-order valence-electron chi connectivity index (χ3n) is 4.26. The Kier molecular flexibility index (Phi) is 3.73. The Bertz CT molecular complexity index is 317. The molecule has 0 bridgehead atoms. The van der Waals surface area contributed by atoms with E-state index in [1.165, 1.54) is 19.3 Å². The standard InChI is InChI=1S/C12H20F3N3/c13-12(14,15)11(5-2-6-11)8-18-10(16)17-7-9-3-1-4-9/h9H,1-8H2,(H3,16,17,18). The first-order chi connectivity index (χ1) is 8.43. The Balaban J connectivity index is 1.80. The monoisotopic (exact) mass is 263 g/mol. The number of alkyl halides is 3. The lowest BCUT2D eigenvalue weighted by Crippen LogP contribution is -2.47. The van der Waals surface area contributed by atoms with Crippen LogP contribution in [-0.2, 0) is 0 Å². The van der Waals surface area contributed by atoms with E-state index in [1.54, 1.807) is 0 Å². The van der Waals surface area contributed by atoms with E-state index in [-0.39, 0.29) is 25.3 Å². The summed E-state index contributed by atoms with van der Waals surface area (Å²) in [5.41, 5.74) is 3.99. The molecule has 0 aliphatic heterocycles. The summed E-state index contributed by atoms with van der Waals surface area (Å²) in [5, 5.41) is 2.92. The number of nitrogens with one attached hydrogen (secondary N) is 1. The molecule has 2 saturated carbocycles. The molecule has 0 atom stereocenters. The normalized spacial score (nSPS) is 24.3. The molecule has 2 aliphatic rings. The molecule has 3 nitrogen and oxygen atoms in total. The zero-order chi connectivity index (χ0) is 13.2. The van der Waals surface area contributed by atoms with Gasteiger partial charge in [-0.05, 0) is 31.6 Å². The van der Waals surface area contributed by atoms with Crippen LogP contribution < -0.4 is 11.1 Å². The summed E-state index contributed by atoms with van der Waals surface area (Å²) in [7, 11) is 0. The average molecular weight is 263 g/mol.